The summed E-state index contributed by atoms with van der Waals surface area (Å²) in [6.45, 7) is 4.11. The quantitative estimate of drug-likeness (QED) is 0.773. The molecule has 0 spiro atoms. The van der Waals surface area contributed by atoms with E-state index in [0.29, 0.717) is 36.7 Å². The third-order valence-electron chi connectivity index (χ3n) is 6.20. The Morgan fingerprint density at radius 2 is 2.00 bits per heavy atom. The van der Waals surface area contributed by atoms with E-state index in [1.165, 1.54) is 12.0 Å². The van der Waals surface area contributed by atoms with E-state index in [1.54, 1.807) is 7.11 Å². The van der Waals surface area contributed by atoms with E-state index in [0.717, 1.165) is 24.9 Å². The summed E-state index contributed by atoms with van der Waals surface area (Å²) >= 11 is 0. The molecule has 1 N–H and O–H groups in total. The molecule has 29 heavy (non-hydrogen) atoms. The summed E-state index contributed by atoms with van der Waals surface area (Å²) in [6, 6.07) is 17.1. The Morgan fingerprint density at radius 3 is 2.76 bits per heavy atom. The predicted octanol–water partition coefficient (Wildman–Crippen LogP) is 3.94. The maximum Gasteiger partial charge on any atom is 0.225 e. The number of ether oxygens (including phenoxy) is 2. The van der Waals surface area contributed by atoms with E-state index in [9.17, 15) is 4.79 Å². The van der Waals surface area contributed by atoms with E-state index in [1.807, 2.05) is 25.1 Å². The lowest BCUT2D eigenvalue weighted by Gasteiger charge is -2.24. The van der Waals surface area contributed by atoms with Gasteiger partial charge in [-0.2, -0.15) is 0 Å². The molecule has 2 aromatic carbocycles. The Hall–Kier alpha value is -2.53. The topological polar surface area (TPSA) is 50.8 Å². The molecule has 2 aliphatic rings. The van der Waals surface area contributed by atoms with Crippen LogP contribution in [-0.4, -0.2) is 37.1 Å². The molecule has 0 saturated carbocycles. The Bertz CT molecular complexity index is 839. The van der Waals surface area contributed by atoms with E-state index >= 15 is 0 Å². The standard InChI is InChI=1S/C24H30N2O3/c1-3-29-23-14-17(11-12-22(23)28-2)16-25-24(27)19-15-21(18-8-5-4-6-9-18)26-13-7-10-20(19)26/h4-6,8-9,11-12,14,19-21H,3,7,10,13,15-16H2,1-2H3,(H,25,27)/t19-,20+,21-/m1/s1. The second-order valence-electron chi connectivity index (χ2n) is 7.85. The van der Waals surface area contributed by atoms with Crippen molar-refractivity contribution in [1.82, 2.24) is 10.2 Å². The zero-order valence-corrected chi connectivity index (χ0v) is 17.3. The van der Waals surface area contributed by atoms with E-state index in [4.69, 9.17) is 9.47 Å². The van der Waals surface area contributed by atoms with Gasteiger partial charge in [0.25, 0.3) is 0 Å². The zero-order valence-electron chi connectivity index (χ0n) is 17.3. The van der Waals surface area contributed by atoms with Crippen molar-refractivity contribution in [3.05, 3.63) is 59.7 Å². The highest BCUT2D eigenvalue weighted by Crippen LogP contribution is 2.44. The van der Waals surface area contributed by atoms with Gasteiger partial charge in [0, 0.05) is 18.6 Å². The monoisotopic (exact) mass is 394 g/mol. The van der Waals surface area contributed by atoms with Crippen LogP contribution in [0.5, 0.6) is 11.5 Å². The van der Waals surface area contributed by atoms with Crippen LogP contribution in [0, 0.1) is 5.92 Å². The van der Waals surface area contributed by atoms with Gasteiger partial charge in [0.2, 0.25) is 5.91 Å². The molecule has 2 aliphatic heterocycles. The van der Waals surface area contributed by atoms with Crippen LogP contribution in [0.1, 0.15) is 43.4 Å². The zero-order chi connectivity index (χ0) is 20.2. The van der Waals surface area contributed by atoms with Crippen LogP contribution in [0.25, 0.3) is 0 Å². The Balaban J connectivity index is 1.43. The maximum atomic E-state index is 13.1. The third kappa shape index (κ3) is 4.10. The first-order valence-corrected chi connectivity index (χ1v) is 10.6. The van der Waals surface area contributed by atoms with Gasteiger partial charge in [0.15, 0.2) is 11.5 Å². The Kier molecular flexibility index (Phi) is 6.05. The number of nitrogens with zero attached hydrogens (tertiary/aromatic N) is 1. The molecule has 0 unspecified atom stereocenters. The van der Waals surface area contributed by atoms with Crippen molar-refractivity contribution < 1.29 is 14.3 Å². The van der Waals surface area contributed by atoms with Crippen LogP contribution in [0.15, 0.2) is 48.5 Å². The lowest BCUT2D eigenvalue weighted by atomic mass is 9.93. The highest BCUT2D eigenvalue weighted by Gasteiger charge is 2.46. The minimum atomic E-state index is 0.0484. The van der Waals surface area contributed by atoms with Gasteiger partial charge in [-0.05, 0) is 56.0 Å². The first-order chi connectivity index (χ1) is 14.2. The van der Waals surface area contributed by atoms with Crippen LogP contribution < -0.4 is 14.8 Å². The van der Waals surface area contributed by atoms with Crippen molar-refractivity contribution in [3.63, 3.8) is 0 Å². The minimum Gasteiger partial charge on any atom is -0.493 e. The van der Waals surface area contributed by atoms with Crippen LogP contribution in [0.3, 0.4) is 0 Å². The van der Waals surface area contributed by atoms with Gasteiger partial charge >= 0.3 is 0 Å². The van der Waals surface area contributed by atoms with Gasteiger partial charge in [0.05, 0.1) is 19.6 Å². The van der Waals surface area contributed by atoms with Crippen LogP contribution >= 0.6 is 0 Å². The highest BCUT2D eigenvalue weighted by molar-refractivity contribution is 5.80. The van der Waals surface area contributed by atoms with E-state index < -0.39 is 0 Å². The number of methoxy groups -OCH3 is 1. The summed E-state index contributed by atoms with van der Waals surface area (Å²) in [5.74, 6) is 1.64. The molecule has 2 aromatic rings. The number of carbonyl (C=O) groups is 1. The van der Waals surface area contributed by atoms with Gasteiger partial charge in [-0.3, -0.25) is 9.69 Å². The number of hydrogen-bond donors (Lipinski definition) is 1. The minimum absolute atomic E-state index is 0.0484. The average molecular weight is 395 g/mol. The number of fused-ring (bicyclic) bond motifs is 1. The normalized spacial score (nSPS) is 23.6. The number of nitrogens with one attached hydrogen (secondary N) is 1. The Morgan fingerprint density at radius 1 is 1.17 bits per heavy atom. The smallest absolute Gasteiger partial charge is 0.225 e. The SMILES string of the molecule is CCOc1cc(CNC(=O)[C@@H]2C[C@H](c3ccccc3)N3CCC[C@@H]23)ccc1OC. The van der Waals surface area contributed by atoms with Crippen LogP contribution in [-0.2, 0) is 11.3 Å². The number of carbonyl (C=O) groups excluding carboxylic acids is 1. The van der Waals surface area contributed by atoms with Crippen molar-refractivity contribution in [3.8, 4) is 11.5 Å². The number of rotatable bonds is 7. The van der Waals surface area contributed by atoms with Crippen LogP contribution in [0.4, 0.5) is 0 Å². The summed E-state index contributed by atoms with van der Waals surface area (Å²) in [5.41, 5.74) is 2.34. The van der Waals surface area contributed by atoms with Gasteiger partial charge in [-0.1, -0.05) is 36.4 Å². The van der Waals surface area contributed by atoms with Crippen LogP contribution in [0.2, 0.25) is 0 Å². The summed E-state index contributed by atoms with van der Waals surface area (Å²) in [5, 5.41) is 3.17. The van der Waals surface area contributed by atoms with Gasteiger partial charge in [-0.25, -0.2) is 0 Å². The van der Waals surface area contributed by atoms with Crippen molar-refractivity contribution in [2.24, 2.45) is 5.92 Å². The fourth-order valence-electron chi connectivity index (χ4n) is 4.87. The largest absolute Gasteiger partial charge is 0.493 e. The molecule has 0 aliphatic carbocycles. The fraction of sp³-hybridized carbons (Fsp3) is 0.458. The van der Waals surface area contributed by atoms with Gasteiger partial charge < -0.3 is 14.8 Å². The molecule has 2 saturated heterocycles. The summed E-state index contributed by atoms with van der Waals surface area (Å²) in [4.78, 5) is 15.6. The number of hydrogen-bond acceptors (Lipinski definition) is 4. The second kappa shape index (κ2) is 8.87. The Labute approximate surface area is 173 Å². The molecule has 154 valence electrons. The molecule has 0 radical (unpaired) electrons. The van der Waals surface area contributed by atoms with Crippen molar-refractivity contribution in [1.29, 1.82) is 0 Å². The molecule has 0 bridgehead atoms. The fourth-order valence-corrected chi connectivity index (χ4v) is 4.87. The van der Waals surface area contributed by atoms with E-state index in [2.05, 4.69) is 40.5 Å². The van der Waals surface area contributed by atoms with E-state index in [-0.39, 0.29) is 11.8 Å². The molecule has 5 nitrogen and oxygen atoms in total. The molecule has 2 fully saturated rings. The average Bonchev–Trinajstić information content (AvgIpc) is 3.36. The third-order valence-corrected chi connectivity index (χ3v) is 6.20. The maximum absolute atomic E-state index is 13.1. The molecule has 3 atom stereocenters. The molecular formula is C24H30N2O3. The van der Waals surface area contributed by atoms with Crippen molar-refractivity contribution >= 4 is 5.91 Å². The van der Waals surface area contributed by atoms with Gasteiger partial charge in [0.1, 0.15) is 0 Å². The van der Waals surface area contributed by atoms with Crippen molar-refractivity contribution in [2.45, 2.75) is 44.8 Å². The molecule has 5 heteroatoms. The first-order valence-electron chi connectivity index (χ1n) is 10.6. The molecule has 0 aromatic heterocycles. The lowest BCUT2D eigenvalue weighted by molar-refractivity contribution is -0.125. The highest BCUT2D eigenvalue weighted by atomic mass is 16.5. The number of amides is 1. The summed E-state index contributed by atoms with van der Waals surface area (Å²) < 4.78 is 11.0. The molecular weight excluding hydrogens is 364 g/mol. The molecule has 1 amide bonds. The molecule has 2 heterocycles. The molecule has 4 rings (SSSR count). The summed E-state index contributed by atoms with van der Waals surface area (Å²) in [7, 11) is 1.63. The van der Waals surface area contributed by atoms with Crippen molar-refractivity contribution in [2.75, 3.05) is 20.3 Å². The first kappa shape index (κ1) is 19.8. The summed E-state index contributed by atoms with van der Waals surface area (Å²) in [6.07, 6.45) is 3.18. The second-order valence-corrected chi connectivity index (χ2v) is 7.85. The van der Waals surface area contributed by atoms with Gasteiger partial charge in [-0.15, -0.1) is 0 Å². The predicted molar refractivity (Wildman–Crippen MR) is 113 cm³/mol. The number of benzene rings is 2. The lowest BCUT2D eigenvalue weighted by Crippen LogP contribution is -2.37.